The van der Waals surface area contributed by atoms with Crippen LogP contribution in [0.15, 0.2) is 88.5 Å². The van der Waals surface area contributed by atoms with Crippen LogP contribution >= 0.6 is 11.8 Å². The van der Waals surface area contributed by atoms with E-state index in [0.717, 1.165) is 42.6 Å². The Morgan fingerprint density at radius 2 is 1.37 bits per heavy atom. The maximum absolute atomic E-state index is 13.2. The summed E-state index contributed by atoms with van der Waals surface area (Å²) in [7, 11) is 0. The third-order valence-corrected chi connectivity index (χ3v) is 13.3. The fourth-order valence-electron chi connectivity index (χ4n) is 8.65. The van der Waals surface area contributed by atoms with Crippen LogP contribution in [0.4, 0.5) is 5.69 Å². The van der Waals surface area contributed by atoms with E-state index in [4.69, 9.17) is 4.74 Å². The molecule has 8 nitrogen and oxygen atoms in total. The minimum Gasteiger partial charge on any atom is -0.462 e. The van der Waals surface area contributed by atoms with E-state index in [1.54, 1.807) is 19.1 Å². The van der Waals surface area contributed by atoms with Gasteiger partial charge in [0.15, 0.2) is 11.5 Å². The number of nitrogens with one attached hydrogen (secondary N) is 1. The normalized spacial score (nSPS) is 12.9. The largest absolute Gasteiger partial charge is 0.462 e. The van der Waals surface area contributed by atoms with Crippen molar-refractivity contribution >= 4 is 51.7 Å². The van der Waals surface area contributed by atoms with Crippen LogP contribution in [0.5, 0.6) is 0 Å². The monoisotopic (exact) mass is 870 g/mol. The summed E-state index contributed by atoms with van der Waals surface area (Å²) in [4.78, 5) is 29.5. The average Bonchev–Trinajstić information content (AvgIpc) is 3.98. The smallest absolute Gasteiger partial charge is 0.338 e. The Bertz CT molecular complexity index is 2300. The number of carbonyl (C=O) groups is 2. The van der Waals surface area contributed by atoms with Crippen molar-refractivity contribution in [1.82, 2.24) is 19.8 Å². The minimum atomic E-state index is -0.351. The van der Waals surface area contributed by atoms with Crippen molar-refractivity contribution in [1.29, 1.82) is 0 Å². The van der Waals surface area contributed by atoms with Crippen molar-refractivity contribution in [3.8, 4) is 11.3 Å². The molecule has 1 N–H and O–H groups in total. The van der Waals surface area contributed by atoms with Crippen molar-refractivity contribution in [3.05, 3.63) is 101 Å². The van der Waals surface area contributed by atoms with Gasteiger partial charge in [0.25, 0.3) is 0 Å². The molecule has 0 bridgehead atoms. The Hall–Kier alpha value is -4.85. The Morgan fingerprint density at radius 1 is 0.730 bits per heavy atom. The molecular weight excluding hydrogens is 799 g/mol. The lowest BCUT2D eigenvalue weighted by atomic mass is 10.0. The van der Waals surface area contributed by atoms with E-state index in [1.165, 1.54) is 136 Å². The number of ketones is 1. The highest BCUT2D eigenvalue weighted by Gasteiger charge is 2.26. The number of allylic oxidation sites excluding steroid dienone is 2. The summed E-state index contributed by atoms with van der Waals surface area (Å²) in [5.41, 5.74) is 8.38. The highest BCUT2D eigenvalue weighted by atomic mass is 32.2. The molecule has 0 unspecified atom stereocenters. The zero-order chi connectivity index (χ0) is 44.1. The summed E-state index contributed by atoms with van der Waals surface area (Å²) < 4.78 is 7.07. The second-order valence-corrected chi connectivity index (χ2v) is 18.2. The molecule has 0 atom stereocenters. The molecule has 9 heteroatoms. The second kappa shape index (κ2) is 26.1. The van der Waals surface area contributed by atoms with E-state index in [9.17, 15) is 9.59 Å². The average molecular weight is 870 g/mol. The van der Waals surface area contributed by atoms with Crippen molar-refractivity contribution < 1.29 is 14.3 Å². The molecule has 1 aliphatic heterocycles. The van der Waals surface area contributed by atoms with Gasteiger partial charge in [0.05, 0.1) is 40.6 Å². The number of nitrogens with zero attached hydrogens (tertiary/aromatic N) is 4. The summed E-state index contributed by atoms with van der Waals surface area (Å²) in [6, 6.07) is 20.6. The molecule has 0 amide bonds. The number of Topliss-reactive ketones (excluding diaryl/α,β-unsaturated/α-hetero) is 1. The summed E-state index contributed by atoms with van der Waals surface area (Å²) >= 11 is 1.82. The number of hydrogen-bond donors (Lipinski definition) is 1. The molecule has 1 aliphatic rings. The fourth-order valence-corrected chi connectivity index (χ4v) is 9.76. The van der Waals surface area contributed by atoms with Crippen molar-refractivity contribution in [2.75, 3.05) is 18.1 Å². The molecule has 0 saturated carbocycles. The molecule has 2 aromatic heterocycles. The summed E-state index contributed by atoms with van der Waals surface area (Å²) in [6.45, 7) is 7.63. The molecule has 0 aliphatic carbocycles. The van der Waals surface area contributed by atoms with E-state index < -0.39 is 0 Å². The van der Waals surface area contributed by atoms with Crippen LogP contribution in [0, 0.1) is 0 Å². The van der Waals surface area contributed by atoms with Crippen LogP contribution in [0.1, 0.15) is 177 Å². The number of aromatic nitrogens is 4. The maximum atomic E-state index is 13.2. The van der Waals surface area contributed by atoms with Gasteiger partial charge < -0.3 is 9.64 Å². The second-order valence-electron chi connectivity index (χ2n) is 17.2. The lowest BCUT2D eigenvalue weighted by Gasteiger charge is -2.21. The van der Waals surface area contributed by atoms with Crippen molar-refractivity contribution in [2.45, 2.75) is 167 Å². The predicted octanol–water partition coefficient (Wildman–Crippen LogP) is 15.0. The van der Waals surface area contributed by atoms with Gasteiger partial charge in [-0.15, -0.1) is 15.9 Å². The number of carbonyl (C=O) groups excluding carboxylic acids is 2. The van der Waals surface area contributed by atoms with Gasteiger partial charge in [-0.1, -0.05) is 184 Å². The van der Waals surface area contributed by atoms with Crippen molar-refractivity contribution in [2.24, 2.45) is 0 Å². The topological polar surface area (TPSA) is 92.6 Å². The van der Waals surface area contributed by atoms with E-state index in [0.29, 0.717) is 30.1 Å². The molecule has 0 radical (unpaired) electrons. The van der Waals surface area contributed by atoms with Gasteiger partial charge in [-0.05, 0) is 61.6 Å². The number of esters is 1. The molecule has 0 fully saturated rings. The first-order chi connectivity index (χ1) is 31.0. The van der Waals surface area contributed by atoms with Gasteiger partial charge in [0.2, 0.25) is 0 Å². The highest BCUT2D eigenvalue weighted by molar-refractivity contribution is 8.03. The first-order valence-corrected chi connectivity index (χ1v) is 25.2. The molecular formula is C54H71N5O3S. The van der Waals surface area contributed by atoms with E-state index >= 15 is 0 Å². The molecule has 0 saturated heterocycles. The third-order valence-electron chi connectivity index (χ3n) is 12.2. The van der Waals surface area contributed by atoms with Crippen LogP contribution in [0.3, 0.4) is 0 Å². The zero-order valence-corrected chi connectivity index (χ0v) is 39.2. The van der Waals surface area contributed by atoms with Gasteiger partial charge >= 0.3 is 5.97 Å². The molecule has 336 valence electrons. The predicted molar refractivity (Wildman–Crippen MR) is 264 cm³/mol. The van der Waals surface area contributed by atoms with E-state index in [-0.39, 0.29) is 18.2 Å². The van der Waals surface area contributed by atoms with Crippen LogP contribution in [-0.4, -0.2) is 44.7 Å². The van der Waals surface area contributed by atoms with E-state index in [1.807, 2.05) is 40.6 Å². The number of hydrogen-bond acceptors (Lipinski definition) is 7. The van der Waals surface area contributed by atoms with Gasteiger partial charge in [-0.2, -0.15) is 0 Å². The molecule has 6 rings (SSSR count). The van der Waals surface area contributed by atoms with Crippen LogP contribution < -0.4 is 4.90 Å². The number of H-pyrrole nitrogens is 1. The summed E-state index contributed by atoms with van der Waals surface area (Å²) in [5, 5.41) is 16.3. The Morgan fingerprint density at radius 3 is 2.03 bits per heavy atom. The number of benzene rings is 3. The highest BCUT2D eigenvalue weighted by Crippen LogP contribution is 2.49. The van der Waals surface area contributed by atoms with Gasteiger partial charge in [-0.25, -0.2) is 9.31 Å². The molecule has 3 heterocycles. The number of rotatable bonds is 29. The Balaban J connectivity index is 1.17. The standard InChI is InChI=1S/C54H71N5O3S/c1-4-7-9-11-13-15-17-19-21-23-30-45(60)41-49-55-56-53-47(51(57-59(49)53)43-34-36-44(37-35-43)54(61)62-6-3)32-26-27-33-50-58(40-28-22-20-18-16-14-12-10-8-5-2)52-46-31-25-24-29-42(46)38-39-48(52)63-50/h24-25,27,29,31-39,57H,4-23,28,30,40-41H2,1-3H3. The first kappa shape index (κ1) is 47.6. The quantitative estimate of drug-likeness (QED) is 0.0291. The van der Waals surface area contributed by atoms with Gasteiger partial charge in [-0.3, -0.25) is 9.89 Å². The van der Waals surface area contributed by atoms with Gasteiger partial charge in [0, 0.05) is 28.8 Å². The molecule has 0 spiro atoms. The Labute approximate surface area is 381 Å². The number of unbranched alkanes of at least 4 members (excludes halogenated alkanes) is 18. The molecule has 63 heavy (non-hydrogen) atoms. The fraction of sp³-hybridized carbons (Fsp3) is 0.500. The first-order valence-electron chi connectivity index (χ1n) is 24.4. The third kappa shape index (κ3) is 13.8. The van der Waals surface area contributed by atoms with Crippen molar-refractivity contribution in [3.63, 3.8) is 0 Å². The Kier molecular flexibility index (Phi) is 19.7. The number of anilines is 1. The van der Waals surface area contributed by atoms with Crippen LogP contribution in [-0.2, 0) is 16.0 Å². The molecule has 5 aromatic rings. The van der Waals surface area contributed by atoms with E-state index in [2.05, 4.69) is 82.2 Å². The van der Waals surface area contributed by atoms with Crippen LogP contribution in [0.2, 0.25) is 0 Å². The number of fused-ring (bicyclic) bond motifs is 4. The summed E-state index contributed by atoms with van der Waals surface area (Å²) in [6.07, 6.45) is 32.3. The summed E-state index contributed by atoms with van der Waals surface area (Å²) in [5.74, 6) is 0.413. The maximum Gasteiger partial charge on any atom is 0.338 e. The lowest BCUT2D eigenvalue weighted by molar-refractivity contribution is -0.118. The SMILES string of the molecule is CCCCCCCCCCCCC(=O)Cc1nnc2c(C=C=CC=C3Sc4ccc5ccccc5c4N3CCCCCCCCCCCC)c(-c3ccc(C(=O)OCC)cc3)[nH]n12. The van der Waals surface area contributed by atoms with Crippen LogP contribution in [0.25, 0.3) is 33.8 Å². The number of aromatic amines is 1. The van der Waals surface area contributed by atoms with Gasteiger partial charge in [0.1, 0.15) is 5.78 Å². The minimum absolute atomic E-state index is 0.174. The molecule has 3 aromatic carbocycles. The number of ether oxygens (including phenoxy) is 1. The number of thioether (sulfide) groups is 1. The zero-order valence-electron chi connectivity index (χ0n) is 38.4. The lowest BCUT2D eigenvalue weighted by Crippen LogP contribution is -2.19.